The van der Waals surface area contributed by atoms with Crippen LogP contribution in [0.15, 0.2) is 48.5 Å². The molecule has 2 aliphatic heterocycles. The summed E-state index contributed by atoms with van der Waals surface area (Å²) in [5, 5.41) is 3.10. The fraction of sp³-hybridized carbons (Fsp3) is 0.545. The molecule has 214 valence electrons. The largest absolute Gasteiger partial charge is 0.369 e. The number of hydrogen-bond donors (Lipinski definition) is 1. The highest BCUT2D eigenvalue weighted by Crippen LogP contribution is 2.31. The Morgan fingerprint density at radius 1 is 0.800 bits per heavy atom. The summed E-state index contributed by atoms with van der Waals surface area (Å²) in [5.74, 6) is 0.225. The number of carbonyl (C=O) groups excluding carboxylic acids is 3. The number of amides is 3. The van der Waals surface area contributed by atoms with Crippen molar-refractivity contribution in [3.05, 3.63) is 59.7 Å². The summed E-state index contributed by atoms with van der Waals surface area (Å²) in [6.07, 6.45) is 8.92. The average Bonchev–Trinajstić information content (AvgIpc) is 3.43. The number of carbonyl (C=O) groups is 3. The molecular formula is C33H44N4O3. The Hall–Kier alpha value is -3.35. The minimum Gasteiger partial charge on any atom is -0.369 e. The van der Waals surface area contributed by atoms with Gasteiger partial charge in [-0.05, 0) is 68.7 Å². The highest BCUT2D eigenvalue weighted by molar-refractivity contribution is 6.02. The number of nitrogens with one attached hydrogen (secondary N) is 1. The highest BCUT2D eigenvalue weighted by Gasteiger charge is 2.29. The van der Waals surface area contributed by atoms with Crippen LogP contribution in [0.4, 0.5) is 11.4 Å². The molecule has 2 aromatic rings. The van der Waals surface area contributed by atoms with E-state index in [1.807, 2.05) is 58.3 Å². The van der Waals surface area contributed by atoms with E-state index < -0.39 is 0 Å². The molecule has 40 heavy (non-hydrogen) atoms. The van der Waals surface area contributed by atoms with E-state index >= 15 is 0 Å². The summed E-state index contributed by atoms with van der Waals surface area (Å²) in [5.41, 5.74) is 3.32. The number of rotatable bonds is 7. The smallest absolute Gasteiger partial charge is 0.256 e. The maximum atomic E-state index is 13.8. The minimum absolute atomic E-state index is 0.0407. The highest BCUT2D eigenvalue weighted by atomic mass is 16.2. The third-order valence-electron chi connectivity index (χ3n) is 8.92. The van der Waals surface area contributed by atoms with Gasteiger partial charge in [0.1, 0.15) is 0 Å². The Labute approximate surface area is 238 Å². The lowest BCUT2D eigenvalue weighted by Gasteiger charge is -2.31. The van der Waals surface area contributed by atoms with E-state index in [2.05, 4.69) is 17.1 Å². The molecule has 0 bridgehead atoms. The second-order valence-corrected chi connectivity index (χ2v) is 11.6. The van der Waals surface area contributed by atoms with Crippen molar-refractivity contribution in [3.63, 3.8) is 0 Å². The van der Waals surface area contributed by atoms with Gasteiger partial charge in [0.2, 0.25) is 11.8 Å². The zero-order chi connectivity index (χ0) is 27.9. The van der Waals surface area contributed by atoms with Gasteiger partial charge in [0, 0.05) is 56.6 Å². The molecule has 0 spiro atoms. The summed E-state index contributed by atoms with van der Waals surface area (Å²) in [7, 11) is 0. The Balaban J connectivity index is 1.34. The Kier molecular flexibility index (Phi) is 9.40. The fourth-order valence-electron chi connectivity index (χ4n) is 6.60. The van der Waals surface area contributed by atoms with Gasteiger partial charge in [0.25, 0.3) is 5.91 Å². The SMILES string of the molecule is CCC(C(=O)N1CCCN(c2ccc(NC(=O)C3CCCC3)cc2C(=O)N2CCCCC2)CC1)c1ccccc1. The second-order valence-electron chi connectivity index (χ2n) is 11.6. The number of likely N-dealkylation sites (tertiary alicyclic amines) is 1. The van der Waals surface area contributed by atoms with Crippen molar-refractivity contribution < 1.29 is 14.4 Å². The predicted octanol–water partition coefficient (Wildman–Crippen LogP) is 5.67. The summed E-state index contributed by atoms with van der Waals surface area (Å²) in [6, 6.07) is 15.9. The van der Waals surface area contributed by atoms with Gasteiger partial charge in [-0.3, -0.25) is 14.4 Å². The molecule has 0 aromatic heterocycles. The first-order valence-corrected chi connectivity index (χ1v) is 15.4. The molecule has 1 unspecified atom stereocenters. The maximum Gasteiger partial charge on any atom is 0.256 e. The first-order chi connectivity index (χ1) is 19.5. The lowest BCUT2D eigenvalue weighted by molar-refractivity contribution is -0.132. The van der Waals surface area contributed by atoms with E-state index in [0.29, 0.717) is 30.9 Å². The Bertz CT molecular complexity index is 1170. The van der Waals surface area contributed by atoms with E-state index in [1.165, 1.54) is 0 Å². The number of anilines is 2. The van der Waals surface area contributed by atoms with Crippen molar-refractivity contribution in [1.82, 2.24) is 9.80 Å². The molecule has 1 aliphatic carbocycles. The van der Waals surface area contributed by atoms with Crippen LogP contribution in [-0.4, -0.2) is 66.8 Å². The predicted molar refractivity (Wildman–Crippen MR) is 160 cm³/mol. The van der Waals surface area contributed by atoms with Gasteiger partial charge in [-0.2, -0.15) is 0 Å². The van der Waals surface area contributed by atoms with Crippen LogP contribution in [0.25, 0.3) is 0 Å². The Morgan fingerprint density at radius 2 is 1.52 bits per heavy atom. The summed E-state index contributed by atoms with van der Waals surface area (Å²) < 4.78 is 0. The monoisotopic (exact) mass is 544 g/mol. The number of piperidine rings is 1. The summed E-state index contributed by atoms with van der Waals surface area (Å²) in [6.45, 7) is 6.41. The number of hydrogen-bond acceptors (Lipinski definition) is 4. The number of benzene rings is 2. The molecular weight excluding hydrogens is 500 g/mol. The van der Waals surface area contributed by atoms with Gasteiger partial charge in [0.05, 0.1) is 11.5 Å². The van der Waals surface area contributed by atoms with Crippen LogP contribution in [0, 0.1) is 5.92 Å². The first kappa shape index (κ1) is 28.2. The molecule has 7 heteroatoms. The molecule has 7 nitrogen and oxygen atoms in total. The van der Waals surface area contributed by atoms with Crippen LogP contribution in [0.3, 0.4) is 0 Å². The molecule has 2 aromatic carbocycles. The number of nitrogens with zero attached hydrogens (tertiary/aromatic N) is 3. The van der Waals surface area contributed by atoms with Crippen molar-refractivity contribution in [1.29, 1.82) is 0 Å². The Morgan fingerprint density at radius 3 is 2.25 bits per heavy atom. The zero-order valence-electron chi connectivity index (χ0n) is 23.9. The van der Waals surface area contributed by atoms with Crippen LogP contribution in [-0.2, 0) is 9.59 Å². The second kappa shape index (κ2) is 13.3. The molecule has 2 heterocycles. The molecule has 2 saturated heterocycles. The minimum atomic E-state index is -0.133. The van der Waals surface area contributed by atoms with Crippen LogP contribution in [0.2, 0.25) is 0 Å². The van der Waals surface area contributed by atoms with Crippen LogP contribution in [0.5, 0.6) is 0 Å². The average molecular weight is 545 g/mol. The van der Waals surface area contributed by atoms with E-state index in [1.54, 1.807) is 0 Å². The van der Waals surface area contributed by atoms with Gasteiger partial charge < -0.3 is 20.0 Å². The molecule has 5 rings (SSSR count). The van der Waals surface area contributed by atoms with E-state index in [9.17, 15) is 14.4 Å². The quantitative estimate of drug-likeness (QED) is 0.487. The van der Waals surface area contributed by atoms with Crippen molar-refractivity contribution in [2.24, 2.45) is 5.92 Å². The van der Waals surface area contributed by atoms with Gasteiger partial charge in [0.15, 0.2) is 0 Å². The molecule has 1 N–H and O–H groups in total. The zero-order valence-corrected chi connectivity index (χ0v) is 23.9. The van der Waals surface area contributed by atoms with Gasteiger partial charge in [-0.15, -0.1) is 0 Å². The fourth-order valence-corrected chi connectivity index (χ4v) is 6.60. The maximum absolute atomic E-state index is 13.8. The van der Waals surface area contributed by atoms with Crippen LogP contribution < -0.4 is 10.2 Å². The van der Waals surface area contributed by atoms with Gasteiger partial charge in [-0.25, -0.2) is 0 Å². The van der Waals surface area contributed by atoms with E-state index in [-0.39, 0.29) is 29.6 Å². The van der Waals surface area contributed by atoms with Gasteiger partial charge in [-0.1, -0.05) is 50.1 Å². The third kappa shape index (κ3) is 6.51. The van der Waals surface area contributed by atoms with Crippen LogP contribution in [0.1, 0.15) is 86.6 Å². The standard InChI is InChI=1S/C33H44N4O3/c1-2-28(25-12-5-3-6-13-25)32(39)37-21-11-20-35(22-23-37)30-17-16-27(34-31(38)26-14-7-8-15-26)24-29(30)33(40)36-18-9-4-10-19-36/h3,5-6,12-13,16-17,24,26,28H,2,4,7-11,14-15,18-23H2,1H3,(H,34,38). The van der Waals surface area contributed by atoms with E-state index in [0.717, 1.165) is 88.7 Å². The summed E-state index contributed by atoms with van der Waals surface area (Å²) in [4.78, 5) is 46.5. The normalized spacial score (nSPS) is 19.3. The van der Waals surface area contributed by atoms with E-state index in [4.69, 9.17) is 0 Å². The molecule has 1 atom stereocenters. The van der Waals surface area contributed by atoms with Gasteiger partial charge >= 0.3 is 0 Å². The van der Waals surface area contributed by atoms with Crippen molar-refractivity contribution in [2.75, 3.05) is 49.5 Å². The first-order valence-electron chi connectivity index (χ1n) is 15.4. The topological polar surface area (TPSA) is 73.0 Å². The lowest BCUT2D eigenvalue weighted by Crippen LogP contribution is -2.39. The molecule has 3 aliphatic rings. The van der Waals surface area contributed by atoms with Crippen molar-refractivity contribution >= 4 is 29.1 Å². The van der Waals surface area contributed by atoms with Crippen molar-refractivity contribution in [2.45, 2.75) is 70.6 Å². The molecule has 1 saturated carbocycles. The van der Waals surface area contributed by atoms with Crippen LogP contribution >= 0.6 is 0 Å². The van der Waals surface area contributed by atoms with Crippen molar-refractivity contribution in [3.8, 4) is 0 Å². The molecule has 3 amide bonds. The molecule has 3 fully saturated rings. The third-order valence-corrected chi connectivity index (χ3v) is 8.92. The summed E-state index contributed by atoms with van der Waals surface area (Å²) >= 11 is 0. The lowest BCUT2D eigenvalue weighted by atomic mass is 9.95. The molecule has 0 radical (unpaired) electrons.